The van der Waals surface area contributed by atoms with Crippen molar-refractivity contribution >= 4 is 15.6 Å². The number of hydrogen-bond acceptors (Lipinski definition) is 10. The number of dihydropyridines is 1. The summed E-state index contributed by atoms with van der Waals surface area (Å²) in [6, 6.07) is 3.82. The first-order chi connectivity index (χ1) is 19.7. The van der Waals surface area contributed by atoms with Gasteiger partial charge in [-0.1, -0.05) is 0 Å². The van der Waals surface area contributed by atoms with Gasteiger partial charge in [0, 0.05) is 41.9 Å². The van der Waals surface area contributed by atoms with Crippen molar-refractivity contribution in [1.82, 2.24) is 44.9 Å². The molecule has 1 atom stereocenters. The highest BCUT2D eigenvalue weighted by molar-refractivity contribution is 7.90. The fraction of sp³-hybridized carbons (Fsp3) is 0.462. The molecule has 6 rings (SSSR count). The van der Waals surface area contributed by atoms with Gasteiger partial charge in [0.05, 0.1) is 34.6 Å². The lowest BCUT2D eigenvalue weighted by Crippen LogP contribution is -2.50. The summed E-state index contributed by atoms with van der Waals surface area (Å²) >= 11 is 0. The topological polar surface area (TPSA) is 158 Å². The molecule has 2 saturated carbocycles. The molecule has 15 heteroatoms. The number of hydrogen-bond donors (Lipinski definition) is 4. The van der Waals surface area contributed by atoms with Crippen LogP contribution < -0.4 is 21.7 Å². The summed E-state index contributed by atoms with van der Waals surface area (Å²) in [7, 11) is -1.57. The molecule has 2 fully saturated rings. The average Bonchev–Trinajstić information content (AvgIpc) is 3.51. The molecule has 41 heavy (non-hydrogen) atoms. The average molecular weight is 587 g/mol. The Kier molecular flexibility index (Phi) is 7.11. The third-order valence-electron chi connectivity index (χ3n) is 7.80. The number of nitrogens with one attached hydrogen (secondary N) is 3. The number of nitrogens with zero attached hydrogens (tertiary/aromatic N) is 6. The maximum absolute atomic E-state index is 13.3. The molecule has 0 spiro atoms. The zero-order valence-corrected chi connectivity index (χ0v) is 23.2. The van der Waals surface area contributed by atoms with Gasteiger partial charge in [0.1, 0.15) is 0 Å². The Balaban J connectivity index is 1.31. The monoisotopic (exact) mass is 586 g/mol. The Morgan fingerprint density at radius 2 is 1.90 bits per heavy atom. The van der Waals surface area contributed by atoms with Crippen LogP contribution in [0.4, 0.5) is 8.78 Å². The minimum atomic E-state index is -3.53. The van der Waals surface area contributed by atoms with Crippen molar-refractivity contribution in [3.63, 3.8) is 0 Å². The van der Waals surface area contributed by atoms with Crippen LogP contribution in [0.3, 0.4) is 0 Å². The molecule has 12 nitrogen and oxygen atoms in total. The van der Waals surface area contributed by atoms with E-state index in [0.717, 1.165) is 29.8 Å². The Bertz CT molecular complexity index is 1590. The van der Waals surface area contributed by atoms with Crippen molar-refractivity contribution in [2.75, 3.05) is 7.05 Å². The van der Waals surface area contributed by atoms with Crippen LogP contribution in [0.15, 0.2) is 54.9 Å². The molecule has 1 unspecified atom stereocenters. The molecule has 0 aromatic carbocycles. The van der Waals surface area contributed by atoms with Crippen LogP contribution in [-0.4, -0.2) is 61.7 Å². The van der Waals surface area contributed by atoms with Crippen LogP contribution >= 0.6 is 0 Å². The minimum Gasteiger partial charge on any atom is -0.382 e. The van der Waals surface area contributed by atoms with Gasteiger partial charge in [0.15, 0.2) is 11.5 Å². The van der Waals surface area contributed by atoms with E-state index in [4.69, 9.17) is 5.73 Å². The van der Waals surface area contributed by atoms with Gasteiger partial charge in [-0.3, -0.25) is 0 Å². The lowest BCUT2D eigenvalue weighted by atomic mass is 9.90. The maximum Gasteiger partial charge on any atom is 0.333 e. The van der Waals surface area contributed by atoms with E-state index >= 15 is 0 Å². The lowest BCUT2D eigenvalue weighted by Gasteiger charge is -2.35. The van der Waals surface area contributed by atoms with Crippen molar-refractivity contribution in [3.8, 4) is 11.4 Å². The number of alkyl halides is 2. The number of aromatic nitrogens is 6. The van der Waals surface area contributed by atoms with E-state index in [9.17, 15) is 17.2 Å². The summed E-state index contributed by atoms with van der Waals surface area (Å²) in [6.45, 7) is -2.75. The second-order valence-electron chi connectivity index (χ2n) is 10.7. The first-order valence-corrected chi connectivity index (χ1v) is 15.1. The highest BCUT2D eigenvalue weighted by atomic mass is 32.2. The molecule has 0 amide bonds. The van der Waals surface area contributed by atoms with Crippen molar-refractivity contribution in [3.05, 3.63) is 66.3 Å². The highest BCUT2D eigenvalue weighted by Gasteiger charge is 2.38. The zero-order chi connectivity index (χ0) is 28.8. The fourth-order valence-electron chi connectivity index (χ4n) is 5.24. The van der Waals surface area contributed by atoms with Crippen LogP contribution in [0, 0.1) is 0 Å². The van der Waals surface area contributed by atoms with Gasteiger partial charge in [-0.25, -0.2) is 23.1 Å². The van der Waals surface area contributed by atoms with Crippen molar-refractivity contribution in [2.45, 2.75) is 68.1 Å². The molecular formula is C26H32F2N10O2S. The first-order valence-electron chi connectivity index (χ1n) is 13.6. The zero-order valence-electron chi connectivity index (χ0n) is 22.4. The lowest BCUT2D eigenvalue weighted by molar-refractivity contribution is 0.0565. The quantitative estimate of drug-likeness (QED) is 0.292. The summed E-state index contributed by atoms with van der Waals surface area (Å²) in [6.07, 6.45) is 14.2. The smallest absolute Gasteiger partial charge is 0.333 e. The molecule has 218 valence electrons. The maximum atomic E-state index is 13.3. The highest BCUT2D eigenvalue weighted by Crippen LogP contribution is 2.33. The van der Waals surface area contributed by atoms with E-state index in [0.29, 0.717) is 51.8 Å². The molecule has 5 N–H and O–H groups in total. The van der Waals surface area contributed by atoms with Crippen molar-refractivity contribution in [1.29, 1.82) is 0 Å². The Morgan fingerprint density at radius 1 is 1.15 bits per heavy atom. The van der Waals surface area contributed by atoms with Gasteiger partial charge >= 0.3 is 6.55 Å². The van der Waals surface area contributed by atoms with Crippen LogP contribution in [0.25, 0.3) is 17.0 Å². The molecule has 0 bridgehead atoms. The molecule has 0 saturated heterocycles. The van der Waals surface area contributed by atoms with Crippen LogP contribution in [0.2, 0.25) is 0 Å². The van der Waals surface area contributed by atoms with E-state index in [1.807, 2.05) is 7.05 Å². The minimum absolute atomic E-state index is 0.161. The van der Waals surface area contributed by atoms with Gasteiger partial charge in [-0.15, -0.1) is 0 Å². The summed E-state index contributed by atoms with van der Waals surface area (Å²) < 4.78 is 53.3. The Morgan fingerprint density at radius 3 is 2.59 bits per heavy atom. The predicted octanol–water partition coefficient (Wildman–Crippen LogP) is 2.03. The van der Waals surface area contributed by atoms with Crippen molar-refractivity contribution in [2.24, 2.45) is 5.73 Å². The van der Waals surface area contributed by atoms with Gasteiger partial charge in [0.2, 0.25) is 0 Å². The van der Waals surface area contributed by atoms with Gasteiger partial charge in [-0.2, -0.15) is 23.1 Å². The molecule has 2 aliphatic carbocycles. The summed E-state index contributed by atoms with van der Waals surface area (Å²) in [5.74, 6) is 0.269. The van der Waals surface area contributed by atoms with Gasteiger partial charge in [0.25, 0.3) is 10.0 Å². The van der Waals surface area contributed by atoms with Gasteiger partial charge in [-0.05, 0) is 63.8 Å². The van der Waals surface area contributed by atoms with Crippen LogP contribution in [0.1, 0.15) is 56.5 Å². The molecule has 3 aromatic heterocycles. The van der Waals surface area contributed by atoms with E-state index in [2.05, 4.69) is 36.1 Å². The van der Waals surface area contributed by atoms with Crippen molar-refractivity contribution < 1.29 is 17.2 Å². The fourth-order valence-corrected chi connectivity index (χ4v) is 6.71. The number of halogens is 2. The Labute approximate surface area is 236 Å². The predicted molar refractivity (Wildman–Crippen MR) is 147 cm³/mol. The second kappa shape index (κ2) is 10.6. The molecule has 4 heterocycles. The van der Waals surface area contributed by atoms with E-state index in [1.165, 1.54) is 24.7 Å². The summed E-state index contributed by atoms with van der Waals surface area (Å²) in [5.41, 5.74) is 8.05. The summed E-state index contributed by atoms with van der Waals surface area (Å²) in [4.78, 5) is 8.96. The third-order valence-corrected chi connectivity index (χ3v) is 9.84. The number of rotatable bonds is 9. The molecular weight excluding hydrogens is 554 g/mol. The SMILES string of the molecule is CNC1CCC(NC2=CC(N)(c3ccnc(-c4cnn(S(=O)(=O)C5CC5)c4)n3)NC=C2c2ccn(C(F)F)n2)CC1. The Hall–Kier alpha value is -3.69. The molecule has 1 aliphatic heterocycles. The normalized spacial score (nSPS) is 25.0. The third kappa shape index (κ3) is 5.48. The number of nitrogens with two attached hydrogens (primary N) is 1. The first kappa shape index (κ1) is 27.5. The second-order valence-corrected chi connectivity index (χ2v) is 12.8. The standard InChI is InChI=1S/C26H32F2N10O2S/c1-30-17-2-4-18(5-3-17)34-22-12-26(29,32-14-20(22)21-9-11-37(36-21)25(27)28)23-8-10-31-24(35-23)16-13-33-38(15-16)41(39,40)19-6-7-19/h8-15,17-19,25,30,32,34H,2-7,29H2,1H3. The van der Waals surface area contributed by atoms with Gasteiger partial charge < -0.3 is 21.7 Å². The largest absolute Gasteiger partial charge is 0.382 e. The molecule has 0 radical (unpaired) electrons. The van der Waals surface area contributed by atoms with E-state index in [1.54, 1.807) is 24.5 Å². The van der Waals surface area contributed by atoms with Crippen LogP contribution in [-0.2, 0) is 15.7 Å². The van der Waals surface area contributed by atoms with Crippen LogP contribution in [0.5, 0.6) is 0 Å². The number of allylic oxidation sites excluding steroid dienone is 1. The summed E-state index contributed by atoms with van der Waals surface area (Å²) in [5, 5.41) is 17.8. The van der Waals surface area contributed by atoms with E-state index in [-0.39, 0.29) is 11.9 Å². The molecule has 3 aliphatic rings. The van der Waals surface area contributed by atoms with E-state index < -0.39 is 27.5 Å². The molecule has 3 aromatic rings.